The van der Waals surface area contributed by atoms with Crippen molar-refractivity contribution >= 4 is 44.4 Å². The van der Waals surface area contributed by atoms with Gasteiger partial charge in [0.2, 0.25) is 5.91 Å². The first-order valence-corrected chi connectivity index (χ1v) is 10.4. The van der Waals surface area contributed by atoms with E-state index in [4.69, 9.17) is 5.73 Å². The Morgan fingerprint density at radius 1 is 1.24 bits per heavy atom. The number of nitrogens with two attached hydrogens (primary N) is 1. The SMILES string of the molecule is CNc1ccc(-c2nc3ncc(Br)c(N[C@H]4[C@@H](C(N)=O)[C@@H]5C=C[C@H]4C5)c3[nH]2)cc1. The number of carbonyl (C=O) groups excluding carboxylic acids is 1. The van der Waals surface area contributed by atoms with Crippen molar-refractivity contribution in [1.82, 2.24) is 15.0 Å². The summed E-state index contributed by atoms with van der Waals surface area (Å²) in [4.78, 5) is 24.6. The predicted octanol–water partition coefficient (Wildman–Crippen LogP) is 3.52. The molecular weight excluding hydrogens is 432 g/mol. The molecule has 0 saturated heterocycles. The van der Waals surface area contributed by atoms with Crippen LogP contribution in [0.5, 0.6) is 0 Å². The molecule has 0 spiro atoms. The van der Waals surface area contributed by atoms with E-state index in [1.54, 1.807) is 6.20 Å². The number of aromatic nitrogens is 3. The molecule has 0 radical (unpaired) electrons. The lowest BCUT2D eigenvalue weighted by Crippen LogP contribution is -2.41. The van der Waals surface area contributed by atoms with E-state index in [0.717, 1.165) is 39.2 Å². The molecule has 8 heteroatoms. The van der Waals surface area contributed by atoms with E-state index >= 15 is 0 Å². The molecule has 7 nitrogen and oxygen atoms in total. The minimum atomic E-state index is -0.254. The van der Waals surface area contributed by atoms with Gasteiger partial charge in [0, 0.05) is 30.5 Å². The summed E-state index contributed by atoms with van der Waals surface area (Å²) in [5, 5.41) is 6.69. The predicted molar refractivity (Wildman–Crippen MR) is 117 cm³/mol. The number of fused-ring (bicyclic) bond motifs is 3. The number of rotatable bonds is 5. The van der Waals surface area contributed by atoms with Crippen molar-refractivity contribution in [1.29, 1.82) is 0 Å². The number of hydrogen-bond acceptors (Lipinski definition) is 5. The number of anilines is 2. The summed E-state index contributed by atoms with van der Waals surface area (Å²) in [5.41, 5.74) is 10.0. The highest BCUT2D eigenvalue weighted by Gasteiger charge is 2.47. The van der Waals surface area contributed by atoms with Crippen LogP contribution in [0.15, 0.2) is 47.1 Å². The third-order valence-electron chi connectivity index (χ3n) is 6.02. The van der Waals surface area contributed by atoms with Crippen LogP contribution in [0.3, 0.4) is 0 Å². The fraction of sp³-hybridized carbons (Fsp3) is 0.286. The number of nitrogens with one attached hydrogen (secondary N) is 3. The Hall–Kier alpha value is -2.87. The van der Waals surface area contributed by atoms with E-state index in [1.165, 1.54) is 0 Å². The quantitative estimate of drug-likeness (QED) is 0.442. The number of nitrogens with zero attached hydrogens (tertiary/aromatic N) is 2. The zero-order valence-corrected chi connectivity index (χ0v) is 17.4. The monoisotopic (exact) mass is 452 g/mol. The molecule has 0 aliphatic heterocycles. The maximum atomic E-state index is 12.1. The van der Waals surface area contributed by atoms with Gasteiger partial charge in [0.15, 0.2) is 5.65 Å². The summed E-state index contributed by atoms with van der Waals surface area (Å²) in [7, 11) is 1.89. The standard InChI is InChI=1S/C21H21BrN6O/c1-24-13-6-4-10(5-7-13)20-27-18-17(14(22)9-25-21(18)28-20)26-16-12-3-2-11(8-12)15(16)19(23)29/h2-7,9,11-12,15-16,24H,8H2,1H3,(H2,23,29)(H2,25,26,27,28)/t11-,12+,15+,16-/m1/s1. The average molecular weight is 453 g/mol. The number of H-pyrrole nitrogens is 1. The van der Waals surface area contributed by atoms with Crippen LogP contribution in [-0.4, -0.2) is 33.9 Å². The van der Waals surface area contributed by atoms with Crippen LogP contribution >= 0.6 is 15.9 Å². The van der Waals surface area contributed by atoms with Gasteiger partial charge in [-0.1, -0.05) is 12.2 Å². The van der Waals surface area contributed by atoms with Gasteiger partial charge >= 0.3 is 0 Å². The molecule has 2 aliphatic carbocycles. The molecule has 2 heterocycles. The Bertz CT molecular complexity index is 1120. The van der Waals surface area contributed by atoms with Crippen molar-refractivity contribution in [2.24, 2.45) is 23.5 Å². The molecule has 29 heavy (non-hydrogen) atoms. The molecular formula is C21H21BrN6O. The second-order valence-corrected chi connectivity index (χ2v) is 8.49. The highest BCUT2D eigenvalue weighted by atomic mass is 79.9. The molecule has 2 bridgehead atoms. The number of allylic oxidation sites excluding steroid dienone is 1. The molecule has 1 aromatic carbocycles. The third kappa shape index (κ3) is 2.98. The van der Waals surface area contributed by atoms with Gasteiger partial charge in [-0.25, -0.2) is 9.97 Å². The van der Waals surface area contributed by atoms with E-state index in [2.05, 4.69) is 53.7 Å². The van der Waals surface area contributed by atoms with Crippen molar-refractivity contribution in [3.8, 4) is 11.4 Å². The molecule has 5 rings (SSSR count). The average Bonchev–Trinajstić information content (AvgIpc) is 3.44. The van der Waals surface area contributed by atoms with Gasteiger partial charge in [-0.2, -0.15) is 0 Å². The molecule has 2 aliphatic rings. The van der Waals surface area contributed by atoms with E-state index in [1.807, 2.05) is 31.3 Å². The lowest BCUT2D eigenvalue weighted by Gasteiger charge is -2.28. The highest BCUT2D eigenvalue weighted by Crippen LogP contribution is 2.46. The van der Waals surface area contributed by atoms with Gasteiger partial charge in [0.25, 0.3) is 0 Å². The molecule has 148 valence electrons. The molecule has 2 aromatic heterocycles. The second kappa shape index (κ2) is 6.88. The summed E-state index contributed by atoms with van der Waals surface area (Å²) in [6.45, 7) is 0. The number of aromatic amines is 1. The van der Waals surface area contributed by atoms with Crippen LogP contribution in [0.4, 0.5) is 11.4 Å². The Balaban J connectivity index is 1.53. The lowest BCUT2D eigenvalue weighted by molar-refractivity contribution is -0.122. The Kier molecular flexibility index (Phi) is 4.31. The Morgan fingerprint density at radius 2 is 2.00 bits per heavy atom. The van der Waals surface area contributed by atoms with Crippen molar-refractivity contribution in [3.63, 3.8) is 0 Å². The second-order valence-electron chi connectivity index (χ2n) is 7.64. The molecule has 5 N–H and O–H groups in total. The number of halogens is 1. The largest absolute Gasteiger partial charge is 0.388 e. The smallest absolute Gasteiger partial charge is 0.223 e. The third-order valence-corrected chi connectivity index (χ3v) is 6.62. The lowest BCUT2D eigenvalue weighted by atomic mass is 9.88. The molecule has 1 saturated carbocycles. The van der Waals surface area contributed by atoms with E-state index in [9.17, 15) is 4.79 Å². The van der Waals surface area contributed by atoms with Crippen LogP contribution in [0.25, 0.3) is 22.6 Å². The number of amides is 1. The number of pyridine rings is 1. The minimum Gasteiger partial charge on any atom is -0.388 e. The van der Waals surface area contributed by atoms with Crippen LogP contribution < -0.4 is 16.4 Å². The van der Waals surface area contributed by atoms with Crippen LogP contribution in [-0.2, 0) is 4.79 Å². The van der Waals surface area contributed by atoms with Crippen LogP contribution in [0.1, 0.15) is 6.42 Å². The van der Waals surface area contributed by atoms with Crippen LogP contribution in [0.2, 0.25) is 0 Å². The van der Waals surface area contributed by atoms with Gasteiger partial charge in [-0.05, 0) is 58.5 Å². The first-order valence-electron chi connectivity index (χ1n) is 9.61. The van der Waals surface area contributed by atoms with Crippen molar-refractivity contribution in [2.45, 2.75) is 12.5 Å². The number of carbonyl (C=O) groups is 1. The zero-order valence-electron chi connectivity index (χ0n) is 15.8. The summed E-state index contributed by atoms with van der Waals surface area (Å²) < 4.78 is 0.820. The van der Waals surface area contributed by atoms with Crippen molar-refractivity contribution < 1.29 is 4.79 Å². The Labute approximate surface area is 176 Å². The van der Waals surface area contributed by atoms with E-state index in [0.29, 0.717) is 11.6 Å². The molecule has 1 fully saturated rings. The number of hydrogen-bond donors (Lipinski definition) is 4. The highest BCUT2D eigenvalue weighted by molar-refractivity contribution is 9.10. The number of primary amides is 1. The van der Waals surface area contributed by atoms with Gasteiger partial charge in [0.1, 0.15) is 11.3 Å². The molecule has 0 unspecified atom stereocenters. The molecule has 1 amide bonds. The maximum absolute atomic E-state index is 12.1. The summed E-state index contributed by atoms with van der Waals surface area (Å²) in [5.74, 6) is 0.793. The van der Waals surface area contributed by atoms with Gasteiger partial charge in [-0.3, -0.25) is 4.79 Å². The summed E-state index contributed by atoms with van der Waals surface area (Å²) in [6, 6.07) is 7.99. The van der Waals surface area contributed by atoms with Crippen LogP contribution in [0, 0.1) is 17.8 Å². The van der Waals surface area contributed by atoms with E-state index in [-0.39, 0.29) is 23.8 Å². The summed E-state index contributed by atoms with van der Waals surface area (Å²) >= 11 is 3.60. The number of imidazole rings is 1. The molecule has 3 aromatic rings. The maximum Gasteiger partial charge on any atom is 0.223 e. The van der Waals surface area contributed by atoms with Gasteiger partial charge in [0.05, 0.1) is 16.1 Å². The normalized spacial score (nSPS) is 24.9. The van der Waals surface area contributed by atoms with E-state index < -0.39 is 0 Å². The summed E-state index contributed by atoms with van der Waals surface area (Å²) in [6.07, 6.45) is 7.01. The first kappa shape index (κ1) is 18.2. The fourth-order valence-electron chi connectivity index (χ4n) is 4.58. The van der Waals surface area contributed by atoms with Gasteiger partial charge < -0.3 is 21.4 Å². The zero-order chi connectivity index (χ0) is 20.1. The topological polar surface area (TPSA) is 109 Å². The fourth-order valence-corrected chi connectivity index (χ4v) is 4.99. The Morgan fingerprint density at radius 3 is 2.72 bits per heavy atom. The minimum absolute atomic E-state index is 0.0361. The van der Waals surface area contributed by atoms with Gasteiger partial charge in [-0.15, -0.1) is 0 Å². The van der Waals surface area contributed by atoms with Crippen molar-refractivity contribution in [2.75, 3.05) is 17.7 Å². The van der Waals surface area contributed by atoms with Crippen molar-refractivity contribution in [3.05, 3.63) is 47.1 Å². The first-order chi connectivity index (χ1) is 14.0. The number of benzene rings is 1. The molecule has 4 atom stereocenters.